The molecule has 0 saturated heterocycles. The Balaban J connectivity index is 3.55. The van der Waals surface area contributed by atoms with E-state index in [0.29, 0.717) is 26.1 Å². The Bertz CT molecular complexity index is 353. The third kappa shape index (κ3) is 14.3. The predicted molar refractivity (Wildman–Crippen MR) is 93.1 cm³/mol. The van der Waals surface area contributed by atoms with Crippen LogP contribution in [0, 0.1) is 10.8 Å². The van der Waals surface area contributed by atoms with Crippen LogP contribution in [0.5, 0.6) is 0 Å². The zero-order valence-corrected chi connectivity index (χ0v) is 16.0. The number of carbonyl (C=O) groups excluding carboxylic acids is 2. The molecule has 0 aromatic heterocycles. The molecule has 0 saturated carbocycles. The molecule has 0 fully saturated rings. The van der Waals surface area contributed by atoms with Gasteiger partial charge in [-0.3, -0.25) is 9.59 Å². The van der Waals surface area contributed by atoms with Gasteiger partial charge in [-0.1, -0.05) is 48.0 Å². The van der Waals surface area contributed by atoms with Crippen LogP contribution < -0.4 is 0 Å². The predicted octanol–water partition coefficient (Wildman–Crippen LogP) is 4.90. The number of carbonyl (C=O) groups is 2. The lowest BCUT2D eigenvalue weighted by Crippen LogP contribution is -2.14. The summed E-state index contributed by atoms with van der Waals surface area (Å²) in [5, 5.41) is 0. The number of rotatable bonds is 11. The van der Waals surface area contributed by atoms with Crippen LogP contribution >= 0.6 is 0 Å². The highest BCUT2D eigenvalue weighted by molar-refractivity contribution is 5.69. The molecule has 4 nitrogen and oxygen atoms in total. The van der Waals surface area contributed by atoms with Gasteiger partial charge in [0.1, 0.15) is 0 Å². The Labute approximate surface area is 142 Å². The summed E-state index contributed by atoms with van der Waals surface area (Å²) >= 11 is 0. The fourth-order valence-electron chi connectivity index (χ4n) is 1.81. The first-order valence-electron chi connectivity index (χ1n) is 8.87. The molecule has 0 unspecified atom stereocenters. The Morgan fingerprint density at radius 1 is 0.783 bits per heavy atom. The first-order chi connectivity index (χ1) is 10.6. The van der Waals surface area contributed by atoms with Gasteiger partial charge in [0.2, 0.25) is 0 Å². The lowest BCUT2D eigenvalue weighted by atomic mass is 9.85. The fraction of sp³-hybridized carbons (Fsp3) is 0.895. The second kappa shape index (κ2) is 10.7. The van der Waals surface area contributed by atoms with Gasteiger partial charge < -0.3 is 9.47 Å². The molecule has 0 aliphatic heterocycles. The van der Waals surface area contributed by atoms with E-state index in [0.717, 1.165) is 32.1 Å². The summed E-state index contributed by atoms with van der Waals surface area (Å²) in [6, 6.07) is 0. The van der Waals surface area contributed by atoms with Crippen LogP contribution in [0.25, 0.3) is 0 Å². The van der Waals surface area contributed by atoms with E-state index in [1.54, 1.807) is 0 Å². The van der Waals surface area contributed by atoms with E-state index in [9.17, 15) is 9.59 Å². The molecule has 23 heavy (non-hydrogen) atoms. The maximum absolute atomic E-state index is 11.6. The molecule has 0 aromatic rings. The SMILES string of the molecule is CCC(C)(C)CCC(=O)OCCCCOC(=O)CCC(C)(C)C. The molecule has 0 aliphatic rings. The lowest BCUT2D eigenvalue weighted by molar-refractivity contribution is -0.146. The van der Waals surface area contributed by atoms with Crippen LogP contribution in [0.2, 0.25) is 0 Å². The molecule has 0 radical (unpaired) electrons. The summed E-state index contributed by atoms with van der Waals surface area (Å²) in [5.41, 5.74) is 0.347. The first kappa shape index (κ1) is 21.9. The Hall–Kier alpha value is -1.06. The number of ether oxygens (including phenoxy) is 2. The quantitative estimate of drug-likeness (QED) is 0.400. The Kier molecular flexibility index (Phi) is 10.2. The summed E-state index contributed by atoms with van der Waals surface area (Å²) in [5.74, 6) is -0.271. The van der Waals surface area contributed by atoms with Crippen molar-refractivity contribution < 1.29 is 19.1 Å². The van der Waals surface area contributed by atoms with Gasteiger partial charge in [0.25, 0.3) is 0 Å². The highest BCUT2D eigenvalue weighted by Crippen LogP contribution is 2.26. The lowest BCUT2D eigenvalue weighted by Gasteiger charge is -2.21. The van der Waals surface area contributed by atoms with Gasteiger partial charge in [-0.25, -0.2) is 0 Å². The Morgan fingerprint density at radius 3 is 1.61 bits per heavy atom. The Morgan fingerprint density at radius 2 is 1.22 bits per heavy atom. The average molecular weight is 328 g/mol. The molecule has 4 heteroatoms. The summed E-state index contributed by atoms with van der Waals surface area (Å²) in [6.07, 6.45) is 5.14. The standard InChI is InChI=1S/C19H36O4/c1-7-19(5,6)13-11-17(21)23-15-9-8-14-22-16(20)10-12-18(2,3)4/h7-15H2,1-6H3. The smallest absolute Gasteiger partial charge is 0.305 e. The van der Waals surface area contributed by atoms with Crippen molar-refractivity contribution in [2.45, 2.75) is 86.5 Å². The van der Waals surface area contributed by atoms with Gasteiger partial charge in [0.05, 0.1) is 13.2 Å². The van der Waals surface area contributed by atoms with Crippen molar-refractivity contribution >= 4 is 11.9 Å². The van der Waals surface area contributed by atoms with Crippen LogP contribution in [0.4, 0.5) is 0 Å². The molecule has 0 amide bonds. The molecular weight excluding hydrogens is 292 g/mol. The van der Waals surface area contributed by atoms with Crippen LogP contribution in [-0.4, -0.2) is 25.2 Å². The van der Waals surface area contributed by atoms with Crippen molar-refractivity contribution in [2.75, 3.05) is 13.2 Å². The monoisotopic (exact) mass is 328 g/mol. The number of hydrogen-bond donors (Lipinski definition) is 0. The first-order valence-corrected chi connectivity index (χ1v) is 8.87. The van der Waals surface area contributed by atoms with Gasteiger partial charge >= 0.3 is 11.9 Å². The van der Waals surface area contributed by atoms with Crippen molar-refractivity contribution in [2.24, 2.45) is 10.8 Å². The summed E-state index contributed by atoms with van der Waals surface area (Å²) in [4.78, 5) is 23.1. The molecule has 136 valence electrons. The van der Waals surface area contributed by atoms with Crippen LogP contribution in [-0.2, 0) is 19.1 Å². The third-order valence-electron chi connectivity index (χ3n) is 4.11. The van der Waals surface area contributed by atoms with Gasteiger partial charge in [-0.05, 0) is 36.5 Å². The van der Waals surface area contributed by atoms with Crippen molar-refractivity contribution in [1.29, 1.82) is 0 Å². The second-order valence-corrected chi connectivity index (χ2v) is 8.23. The van der Waals surface area contributed by atoms with Crippen molar-refractivity contribution in [3.8, 4) is 0 Å². The molecule has 0 aliphatic carbocycles. The van der Waals surface area contributed by atoms with Crippen LogP contribution in [0.1, 0.15) is 86.5 Å². The maximum Gasteiger partial charge on any atom is 0.305 e. The highest BCUT2D eigenvalue weighted by atomic mass is 16.5. The van der Waals surface area contributed by atoms with E-state index in [-0.39, 0.29) is 22.8 Å². The van der Waals surface area contributed by atoms with E-state index in [4.69, 9.17) is 9.47 Å². The normalized spacial score (nSPS) is 12.1. The van der Waals surface area contributed by atoms with Gasteiger partial charge in [0, 0.05) is 12.8 Å². The van der Waals surface area contributed by atoms with E-state index in [1.807, 2.05) is 0 Å². The molecule has 0 N–H and O–H groups in total. The second-order valence-electron chi connectivity index (χ2n) is 8.23. The van der Waals surface area contributed by atoms with Crippen LogP contribution in [0.15, 0.2) is 0 Å². The minimum Gasteiger partial charge on any atom is -0.466 e. The number of unbranched alkanes of at least 4 members (excludes halogenated alkanes) is 1. The van der Waals surface area contributed by atoms with E-state index >= 15 is 0 Å². The molecule has 0 rings (SSSR count). The van der Waals surface area contributed by atoms with Crippen molar-refractivity contribution in [1.82, 2.24) is 0 Å². The molecular formula is C19H36O4. The summed E-state index contributed by atoms with van der Waals surface area (Å²) < 4.78 is 10.4. The molecule has 0 atom stereocenters. The minimum absolute atomic E-state index is 0.131. The molecule has 0 aromatic carbocycles. The molecule has 0 bridgehead atoms. The van der Waals surface area contributed by atoms with Gasteiger partial charge in [-0.2, -0.15) is 0 Å². The number of hydrogen-bond acceptors (Lipinski definition) is 4. The topological polar surface area (TPSA) is 52.6 Å². The molecule has 0 heterocycles. The van der Waals surface area contributed by atoms with Crippen molar-refractivity contribution in [3.05, 3.63) is 0 Å². The van der Waals surface area contributed by atoms with Crippen molar-refractivity contribution in [3.63, 3.8) is 0 Å². The number of esters is 2. The van der Waals surface area contributed by atoms with E-state index < -0.39 is 0 Å². The zero-order chi connectivity index (χ0) is 17.9. The molecule has 0 spiro atoms. The summed E-state index contributed by atoms with van der Waals surface area (Å²) in [7, 11) is 0. The van der Waals surface area contributed by atoms with E-state index in [1.165, 1.54) is 0 Å². The van der Waals surface area contributed by atoms with E-state index in [2.05, 4.69) is 41.5 Å². The highest BCUT2D eigenvalue weighted by Gasteiger charge is 2.17. The van der Waals surface area contributed by atoms with Gasteiger partial charge in [0.15, 0.2) is 0 Å². The fourth-order valence-corrected chi connectivity index (χ4v) is 1.81. The third-order valence-corrected chi connectivity index (χ3v) is 4.11. The zero-order valence-electron chi connectivity index (χ0n) is 16.0. The summed E-state index contributed by atoms with van der Waals surface area (Å²) in [6.45, 7) is 13.6. The van der Waals surface area contributed by atoms with Gasteiger partial charge in [-0.15, -0.1) is 0 Å². The maximum atomic E-state index is 11.6. The average Bonchev–Trinajstić information content (AvgIpc) is 2.46. The minimum atomic E-state index is -0.140. The largest absolute Gasteiger partial charge is 0.466 e. The van der Waals surface area contributed by atoms with Crippen LogP contribution in [0.3, 0.4) is 0 Å².